The first kappa shape index (κ1) is 20.1. The number of allylic oxidation sites excluding steroid dienone is 4. The highest BCUT2D eigenvalue weighted by Crippen LogP contribution is 2.48. The van der Waals surface area contributed by atoms with Gasteiger partial charge in [0.2, 0.25) is 0 Å². The highest BCUT2D eigenvalue weighted by atomic mass is 16.3. The van der Waals surface area contributed by atoms with Gasteiger partial charge in [0.25, 0.3) is 0 Å². The number of hydrogen-bond donors (Lipinski definition) is 0. The third kappa shape index (κ3) is 3.16. The molecule has 1 aliphatic rings. The second kappa shape index (κ2) is 8.14. The topological polar surface area (TPSA) is 13.1 Å². The SMILES string of the molecule is C1=CC(c2oc3ccccc3c2-c2c3ccccc3c(-c3ccccc3)c3ccccc23)=CCC1. The van der Waals surface area contributed by atoms with Crippen molar-refractivity contribution in [3.63, 3.8) is 0 Å². The van der Waals surface area contributed by atoms with Crippen molar-refractivity contribution < 1.29 is 4.42 Å². The minimum atomic E-state index is 0.928. The van der Waals surface area contributed by atoms with E-state index in [9.17, 15) is 0 Å². The molecular formula is C34H24O. The van der Waals surface area contributed by atoms with Crippen LogP contribution in [0, 0.1) is 0 Å². The lowest BCUT2D eigenvalue weighted by atomic mass is 9.84. The van der Waals surface area contributed by atoms with Gasteiger partial charge in [0, 0.05) is 22.1 Å². The molecule has 6 aromatic rings. The summed E-state index contributed by atoms with van der Waals surface area (Å²) in [6.45, 7) is 0. The molecule has 5 aromatic carbocycles. The van der Waals surface area contributed by atoms with E-state index >= 15 is 0 Å². The average Bonchev–Trinajstić information content (AvgIpc) is 3.32. The summed E-state index contributed by atoms with van der Waals surface area (Å²) in [5.41, 5.74) is 7.05. The average molecular weight is 449 g/mol. The summed E-state index contributed by atoms with van der Waals surface area (Å²) in [5.74, 6) is 0.963. The largest absolute Gasteiger partial charge is 0.455 e. The summed E-state index contributed by atoms with van der Waals surface area (Å²) in [6.07, 6.45) is 8.89. The minimum Gasteiger partial charge on any atom is -0.455 e. The number of rotatable bonds is 3. The molecule has 0 fully saturated rings. The van der Waals surface area contributed by atoms with Gasteiger partial charge in [-0.1, -0.05) is 115 Å². The van der Waals surface area contributed by atoms with E-state index in [0.29, 0.717) is 0 Å². The predicted molar refractivity (Wildman–Crippen MR) is 148 cm³/mol. The number of hydrogen-bond acceptors (Lipinski definition) is 1. The second-order valence-electron chi connectivity index (χ2n) is 9.15. The first-order valence-electron chi connectivity index (χ1n) is 12.3. The molecule has 0 radical (unpaired) electrons. The quantitative estimate of drug-likeness (QED) is 0.246. The van der Waals surface area contributed by atoms with E-state index in [2.05, 4.69) is 121 Å². The number of para-hydroxylation sites is 1. The van der Waals surface area contributed by atoms with Crippen LogP contribution in [0.5, 0.6) is 0 Å². The summed E-state index contributed by atoms with van der Waals surface area (Å²) in [4.78, 5) is 0. The van der Waals surface area contributed by atoms with Gasteiger partial charge in [-0.3, -0.25) is 0 Å². The smallest absolute Gasteiger partial charge is 0.142 e. The minimum absolute atomic E-state index is 0.928. The Morgan fingerprint density at radius 2 is 1.06 bits per heavy atom. The second-order valence-corrected chi connectivity index (χ2v) is 9.15. The summed E-state index contributed by atoms with van der Waals surface area (Å²) < 4.78 is 6.59. The molecule has 0 saturated carbocycles. The number of furan rings is 1. The van der Waals surface area contributed by atoms with Crippen LogP contribution in [-0.4, -0.2) is 0 Å². The predicted octanol–water partition coefficient (Wildman–Crippen LogP) is 9.81. The molecule has 0 bridgehead atoms. The lowest BCUT2D eigenvalue weighted by molar-refractivity contribution is 0.601. The molecule has 0 spiro atoms. The molecule has 1 nitrogen and oxygen atoms in total. The van der Waals surface area contributed by atoms with Gasteiger partial charge in [-0.15, -0.1) is 0 Å². The molecule has 7 rings (SSSR count). The van der Waals surface area contributed by atoms with Crippen LogP contribution >= 0.6 is 0 Å². The summed E-state index contributed by atoms with van der Waals surface area (Å²) in [6, 6.07) is 36.8. The van der Waals surface area contributed by atoms with Gasteiger partial charge in [-0.25, -0.2) is 0 Å². The number of fused-ring (bicyclic) bond motifs is 3. The zero-order chi connectivity index (χ0) is 23.2. The summed E-state index contributed by atoms with van der Waals surface area (Å²) in [7, 11) is 0. The van der Waals surface area contributed by atoms with Crippen LogP contribution in [0.3, 0.4) is 0 Å². The fourth-order valence-corrected chi connectivity index (χ4v) is 5.59. The Labute approximate surface area is 204 Å². The van der Waals surface area contributed by atoms with Crippen molar-refractivity contribution in [2.45, 2.75) is 12.8 Å². The molecule has 0 N–H and O–H groups in total. The van der Waals surface area contributed by atoms with Crippen LogP contribution in [0.25, 0.3) is 60.3 Å². The zero-order valence-corrected chi connectivity index (χ0v) is 19.4. The van der Waals surface area contributed by atoms with Crippen molar-refractivity contribution in [1.82, 2.24) is 0 Å². The van der Waals surface area contributed by atoms with Crippen molar-refractivity contribution in [3.05, 3.63) is 127 Å². The molecule has 1 aliphatic carbocycles. The maximum Gasteiger partial charge on any atom is 0.142 e. The Morgan fingerprint density at radius 1 is 0.486 bits per heavy atom. The van der Waals surface area contributed by atoms with E-state index < -0.39 is 0 Å². The zero-order valence-electron chi connectivity index (χ0n) is 19.4. The molecule has 1 aromatic heterocycles. The molecule has 166 valence electrons. The standard InChI is InChI=1S/C34H24O/c1-3-13-23(14-4-1)31-25-17-7-9-19-27(25)32(28-20-10-8-18-26(28)31)33-29-21-11-12-22-30(29)35-34(33)24-15-5-2-6-16-24/h1,3-5,7-22H,2,6H2. The Hall–Kier alpha value is -4.36. The highest BCUT2D eigenvalue weighted by Gasteiger charge is 2.24. The van der Waals surface area contributed by atoms with Crippen LogP contribution in [0.15, 0.2) is 126 Å². The monoisotopic (exact) mass is 448 g/mol. The molecule has 35 heavy (non-hydrogen) atoms. The van der Waals surface area contributed by atoms with Gasteiger partial charge < -0.3 is 4.42 Å². The van der Waals surface area contributed by atoms with E-state index in [1.54, 1.807) is 0 Å². The van der Waals surface area contributed by atoms with Gasteiger partial charge in [-0.05, 0) is 51.6 Å². The lowest BCUT2D eigenvalue weighted by Gasteiger charge is -2.18. The molecule has 1 heterocycles. The van der Waals surface area contributed by atoms with E-state index in [4.69, 9.17) is 4.42 Å². The Morgan fingerprint density at radius 3 is 1.69 bits per heavy atom. The third-order valence-electron chi connectivity index (χ3n) is 7.10. The summed E-state index contributed by atoms with van der Waals surface area (Å²) >= 11 is 0. The van der Waals surface area contributed by atoms with Crippen LogP contribution < -0.4 is 0 Å². The van der Waals surface area contributed by atoms with E-state index in [1.165, 1.54) is 49.4 Å². The Bertz CT molecular complexity index is 1720. The molecule has 0 atom stereocenters. The molecule has 0 saturated heterocycles. The number of benzene rings is 5. The lowest BCUT2D eigenvalue weighted by Crippen LogP contribution is -1.93. The van der Waals surface area contributed by atoms with Gasteiger partial charge in [0.15, 0.2) is 0 Å². The maximum absolute atomic E-state index is 6.59. The van der Waals surface area contributed by atoms with E-state index in [-0.39, 0.29) is 0 Å². The van der Waals surface area contributed by atoms with E-state index in [1.807, 2.05) is 0 Å². The maximum atomic E-state index is 6.59. The van der Waals surface area contributed by atoms with Gasteiger partial charge in [-0.2, -0.15) is 0 Å². The van der Waals surface area contributed by atoms with Crippen LogP contribution in [0.2, 0.25) is 0 Å². The molecule has 1 heteroatoms. The van der Waals surface area contributed by atoms with Crippen LogP contribution in [0.4, 0.5) is 0 Å². The highest BCUT2D eigenvalue weighted by molar-refractivity contribution is 6.24. The van der Waals surface area contributed by atoms with E-state index in [0.717, 1.165) is 29.6 Å². The molecular weight excluding hydrogens is 424 g/mol. The van der Waals surface area contributed by atoms with Crippen molar-refractivity contribution in [2.75, 3.05) is 0 Å². The normalized spacial score (nSPS) is 13.5. The molecule has 0 aliphatic heterocycles. The van der Waals surface area contributed by atoms with Crippen molar-refractivity contribution >= 4 is 38.1 Å². The van der Waals surface area contributed by atoms with Crippen LogP contribution in [0.1, 0.15) is 18.6 Å². The fourth-order valence-electron chi connectivity index (χ4n) is 5.59. The first-order valence-corrected chi connectivity index (χ1v) is 12.3. The van der Waals surface area contributed by atoms with Gasteiger partial charge >= 0.3 is 0 Å². The van der Waals surface area contributed by atoms with Gasteiger partial charge in [0.05, 0.1) is 0 Å². The Kier molecular flexibility index (Phi) is 4.67. The molecule has 0 amide bonds. The van der Waals surface area contributed by atoms with Crippen LogP contribution in [-0.2, 0) is 0 Å². The third-order valence-corrected chi connectivity index (χ3v) is 7.10. The van der Waals surface area contributed by atoms with Crippen molar-refractivity contribution in [2.24, 2.45) is 0 Å². The summed E-state index contributed by atoms with van der Waals surface area (Å²) in [5, 5.41) is 6.18. The first-order chi connectivity index (χ1) is 17.4. The van der Waals surface area contributed by atoms with Gasteiger partial charge in [0.1, 0.15) is 11.3 Å². The Balaban J connectivity index is 1.68. The van der Waals surface area contributed by atoms with Crippen molar-refractivity contribution in [3.8, 4) is 22.3 Å². The molecule has 0 unspecified atom stereocenters. The fraction of sp³-hybridized carbons (Fsp3) is 0.0588. The van der Waals surface area contributed by atoms with Crippen molar-refractivity contribution in [1.29, 1.82) is 0 Å².